The van der Waals surface area contributed by atoms with E-state index in [-0.39, 0.29) is 30.6 Å². The Balaban J connectivity index is 2.00. The molecule has 242 valence electrons. The minimum absolute atomic E-state index is 0.0762. The van der Waals surface area contributed by atoms with Crippen molar-refractivity contribution in [2.75, 3.05) is 10.2 Å². The van der Waals surface area contributed by atoms with Crippen molar-refractivity contribution >= 4 is 35.8 Å². The summed E-state index contributed by atoms with van der Waals surface area (Å²) in [6, 6.07) is 13.7. The third kappa shape index (κ3) is 10.2. The van der Waals surface area contributed by atoms with Gasteiger partial charge in [-0.1, -0.05) is 36.4 Å². The fraction of sp³-hybridized carbons (Fsp3) is 0.424. The molecule has 12 nitrogen and oxygen atoms in total. The van der Waals surface area contributed by atoms with Gasteiger partial charge in [-0.2, -0.15) is 0 Å². The first-order chi connectivity index (χ1) is 20.8. The van der Waals surface area contributed by atoms with Crippen LogP contribution >= 0.6 is 0 Å². The van der Waals surface area contributed by atoms with Gasteiger partial charge in [0, 0.05) is 11.3 Å². The Hall–Kier alpha value is -4.71. The molecule has 0 fully saturated rings. The number of imidazole rings is 1. The minimum atomic E-state index is -1.09. The Labute approximate surface area is 263 Å². The summed E-state index contributed by atoms with van der Waals surface area (Å²) in [7, 11) is 0. The number of carbonyl (C=O) groups excluding carboxylic acids is 4. The molecule has 3 aromatic rings. The summed E-state index contributed by atoms with van der Waals surface area (Å²) in [6.07, 6.45) is -1.63. The second-order valence-corrected chi connectivity index (χ2v) is 13.3. The predicted octanol–water partition coefficient (Wildman–Crippen LogP) is 6.68. The first-order valence-corrected chi connectivity index (χ1v) is 14.4. The average Bonchev–Trinajstić information content (AvgIpc) is 3.31. The number of benzene rings is 2. The van der Waals surface area contributed by atoms with Crippen LogP contribution in [-0.4, -0.2) is 55.6 Å². The van der Waals surface area contributed by atoms with E-state index >= 15 is 0 Å². The highest BCUT2D eigenvalue weighted by molar-refractivity contribution is 6.09. The van der Waals surface area contributed by atoms with Gasteiger partial charge in [0.15, 0.2) is 0 Å². The van der Waals surface area contributed by atoms with E-state index in [1.807, 2.05) is 0 Å². The van der Waals surface area contributed by atoms with Crippen LogP contribution in [0.3, 0.4) is 0 Å². The molecule has 2 N–H and O–H groups in total. The zero-order valence-corrected chi connectivity index (χ0v) is 27.3. The first kappa shape index (κ1) is 34.8. The second-order valence-electron chi connectivity index (χ2n) is 13.3. The molecule has 1 aromatic heterocycles. The molecule has 0 spiro atoms. The molecule has 0 atom stereocenters. The van der Waals surface area contributed by atoms with Crippen molar-refractivity contribution in [3.05, 3.63) is 65.9 Å². The molecule has 0 radical (unpaired) electrons. The van der Waals surface area contributed by atoms with Gasteiger partial charge in [0.2, 0.25) is 11.9 Å². The topological polar surface area (TPSA) is 149 Å². The zero-order valence-electron chi connectivity index (χ0n) is 27.3. The molecule has 0 aliphatic rings. The van der Waals surface area contributed by atoms with E-state index in [1.54, 1.807) is 111 Å². The van der Waals surface area contributed by atoms with Crippen LogP contribution in [-0.2, 0) is 32.0 Å². The van der Waals surface area contributed by atoms with Crippen LogP contribution in [0.5, 0.6) is 0 Å². The van der Waals surface area contributed by atoms with E-state index < -0.39 is 35.1 Å². The summed E-state index contributed by atoms with van der Waals surface area (Å²) in [6.45, 7) is 14.8. The van der Waals surface area contributed by atoms with Crippen LogP contribution in [0.2, 0.25) is 0 Å². The summed E-state index contributed by atoms with van der Waals surface area (Å²) in [5.41, 5.74) is -0.157. The molecule has 3 rings (SSSR count). The third-order valence-electron chi connectivity index (χ3n) is 5.71. The second kappa shape index (κ2) is 13.5. The van der Waals surface area contributed by atoms with Crippen molar-refractivity contribution in [3.63, 3.8) is 0 Å². The number of hydrogen-bond donors (Lipinski definition) is 2. The number of nitrogens with zero attached hydrogens (tertiary/aromatic N) is 3. The van der Waals surface area contributed by atoms with Crippen LogP contribution in [0.25, 0.3) is 11.3 Å². The molecule has 0 saturated carbocycles. The molecule has 0 unspecified atom stereocenters. The van der Waals surface area contributed by atoms with Crippen LogP contribution in [0.4, 0.5) is 26.0 Å². The number of imide groups is 1. The minimum Gasteiger partial charge on any atom is -0.443 e. The van der Waals surface area contributed by atoms with Gasteiger partial charge in [-0.05, 0) is 85.6 Å². The van der Waals surface area contributed by atoms with Crippen LogP contribution in [0, 0.1) is 0 Å². The Morgan fingerprint density at radius 2 is 1.24 bits per heavy atom. The molecule has 0 aliphatic heterocycles. The number of rotatable bonds is 6. The van der Waals surface area contributed by atoms with E-state index in [4.69, 9.17) is 14.2 Å². The molecule has 0 aliphatic carbocycles. The molecule has 1 heterocycles. The number of carbonyl (C=O) groups is 4. The zero-order chi connectivity index (χ0) is 33.7. The van der Waals surface area contributed by atoms with Gasteiger partial charge in [-0.25, -0.2) is 23.9 Å². The fourth-order valence-electron chi connectivity index (χ4n) is 3.92. The highest BCUT2D eigenvalue weighted by Gasteiger charge is 2.38. The lowest BCUT2D eigenvalue weighted by Crippen LogP contribution is -2.45. The van der Waals surface area contributed by atoms with Crippen molar-refractivity contribution in [1.82, 2.24) is 9.55 Å². The highest BCUT2D eigenvalue weighted by Crippen LogP contribution is 2.30. The van der Waals surface area contributed by atoms with Gasteiger partial charge in [0.25, 0.3) is 0 Å². The maximum Gasteiger partial charge on any atom is 0.427 e. The summed E-state index contributed by atoms with van der Waals surface area (Å²) in [5, 5.41) is 12.0. The summed E-state index contributed by atoms with van der Waals surface area (Å²) >= 11 is 0. The van der Waals surface area contributed by atoms with Crippen molar-refractivity contribution < 1.29 is 38.5 Å². The number of aromatic nitrogens is 2. The van der Waals surface area contributed by atoms with Gasteiger partial charge in [-0.15, -0.1) is 4.90 Å². The maximum absolute atomic E-state index is 13.6. The Bertz CT molecular complexity index is 1500. The number of ether oxygens (including phenoxy) is 3. The van der Waals surface area contributed by atoms with Gasteiger partial charge in [0.05, 0.1) is 24.9 Å². The van der Waals surface area contributed by atoms with Crippen molar-refractivity contribution in [2.45, 2.75) is 92.1 Å². The van der Waals surface area contributed by atoms with E-state index in [2.05, 4.69) is 10.3 Å². The largest absolute Gasteiger partial charge is 0.443 e. The van der Waals surface area contributed by atoms with Gasteiger partial charge in [-0.3, -0.25) is 4.79 Å². The monoisotopic (exact) mass is 622 g/mol. The molecule has 3 amide bonds. The maximum atomic E-state index is 13.6. The third-order valence-corrected chi connectivity index (χ3v) is 5.71. The summed E-state index contributed by atoms with van der Waals surface area (Å²) in [4.78, 5) is 57.8. The Morgan fingerprint density at radius 1 is 0.756 bits per heavy atom. The summed E-state index contributed by atoms with van der Waals surface area (Å²) < 4.78 is 17.6. The molecular weight excluding hydrogens is 580 g/mol. The number of anilines is 2. The van der Waals surface area contributed by atoms with Crippen molar-refractivity contribution in [2.24, 2.45) is 0 Å². The van der Waals surface area contributed by atoms with Gasteiger partial charge in [0.1, 0.15) is 16.8 Å². The number of hydrogen-bond acceptors (Lipinski definition) is 9. The predicted molar refractivity (Wildman–Crippen MR) is 169 cm³/mol. The molecule has 2 aromatic carbocycles. The lowest BCUT2D eigenvalue weighted by Gasteiger charge is -2.28. The molecule has 0 bridgehead atoms. The summed E-state index contributed by atoms with van der Waals surface area (Å²) in [5.74, 6) is -0.627. The van der Waals surface area contributed by atoms with Crippen molar-refractivity contribution in [1.29, 1.82) is 0 Å². The standard InChI is InChI=1S/C33H42N4O8/c1-31(2,3)43-28(40)36-25(19-34-27(36)37(29(41)44-32(4,5)6)30(42)45-33(7,8)9)23-14-16-24(17-15-23)35-26(39)18-21-10-12-22(20-38)13-11-21/h10-17,19,38H,18,20H2,1-9H3,(H,35,39). The SMILES string of the molecule is CC(C)(C)OC(=O)N(C(=O)OC(C)(C)C)c1ncc(-c2ccc(NC(=O)Cc3ccc(CO)cc3)cc2)n1C(=O)OC(C)(C)C. The van der Waals surface area contributed by atoms with Crippen LogP contribution < -0.4 is 10.2 Å². The number of nitrogens with one attached hydrogen (secondary N) is 1. The quantitative estimate of drug-likeness (QED) is 0.287. The number of amides is 3. The van der Waals surface area contributed by atoms with Gasteiger partial charge >= 0.3 is 18.3 Å². The van der Waals surface area contributed by atoms with E-state index in [1.165, 1.54) is 6.20 Å². The van der Waals surface area contributed by atoms with E-state index in [0.717, 1.165) is 15.7 Å². The molecule has 12 heteroatoms. The highest BCUT2D eigenvalue weighted by atomic mass is 16.6. The Kier molecular flexibility index (Phi) is 10.4. The number of aliphatic hydroxyl groups excluding tert-OH is 1. The lowest BCUT2D eigenvalue weighted by molar-refractivity contribution is -0.115. The average molecular weight is 623 g/mol. The smallest absolute Gasteiger partial charge is 0.427 e. The molecular formula is C33H42N4O8. The van der Waals surface area contributed by atoms with Crippen LogP contribution in [0.15, 0.2) is 54.7 Å². The fourth-order valence-corrected chi connectivity index (χ4v) is 3.92. The Morgan fingerprint density at radius 3 is 1.71 bits per heavy atom. The normalized spacial score (nSPS) is 11.9. The lowest BCUT2D eigenvalue weighted by atomic mass is 10.1. The first-order valence-electron chi connectivity index (χ1n) is 14.4. The van der Waals surface area contributed by atoms with Crippen LogP contribution in [0.1, 0.15) is 73.4 Å². The number of aliphatic hydroxyl groups is 1. The molecule has 45 heavy (non-hydrogen) atoms. The molecule has 0 saturated heterocycles. The van der Waals surface area contributed by atoms with E-state index in [0.29, 0.717) is 16.2 Å². The van der Waals surface area contributed by atoms with Crippen molar-refractivity contribution in [3.8, 4) is 11.3 Å². The van der Waals surface area contributed by atoms with E-state index in [9.17, 15) is 24.3 Å². The van der Waals surface area contributed by atoms with Gasteiger partial charge < -0.3 is 24.6 Å².